The predicted octanol–water partition coefficient (Wildman–Crippen LogP) is 5.34. The van der Waals surface area contributed by atoms with E-state index in [9.17, 15) is 4.39 Å². The minimum Gasteiger partial charge on any atom is -0.489 e. The van der Waals surface area contributed by atoms with Crippen molar-refractivity contribution in [2.45, 2.75) is 38.7 Å². The Balaban J connectivity index is 1.78. The van der Waals surface area contributed by atoms with Gasteiger partial charge in [0.15, 0.2) is 0 Å². The highest BCUT2D eigenvalue weighted by atomic mass is 19.1. The number of halogens is 1. The summed E-state index contributed by atoms with van der Waals surface area (Å²) in [5, 5.41) is 0. The fourth-order valence-corrected chi connectivity index (χ4v) is 2.18. The lowest BCUT2D eigenvalue weighted by molar-refractivity contribution is 0.306. The van der Waals surface area contributed by atoms with Crippen molar-refractivity contribution in [1.29, 1.82) is 0 Å². The number of unbranched alkanes of at least 4 members (excludes halogenated alkanes) is 3. The Kier molecular flexibility index (Phi) is 6.26. The van der Waals surface area contributed by atoms with Gasteiger partial charge >= 0.3 is 0 Å². The summed E-state index contributed by atoms with van der Waals surface area (Å²) in [5.41, 5.74) is 2.31. The van der Waals surface area contributed by atoms with Crippen molar-refractivity contribution in [3.8, 4) is 5.75 Å². The summed E-state index contributed by atoms with van der Waals surface area (Å²) < 4.78 is 18.5. The molecule has 111 valence electrons. The Morgan fingerprint density at radius 3 is 2.14 bits per heavy atom. The third-order valence-corrected chi connectivity index (χ3v) is 3.46. The molecule has 1 radical (unpaired) electrons. The van der Waals surface area contributed by atoms with Gasteiger partial charge in [0.1, 0.15) is 18.2 Å². The van der Waals surface area contributed by atoms with E-state index in [1.165, 1.54) is 37.0 Å². The van der Waals surface area contributed by atoms with Crippen LogP contribution in [0.15, 0.2) is 48.5 Å². The second kappa shape index (κ2) is 8.46. The second-order valence-electron chi connectivity index (χ2n) is 5.22. The molecular weight excluding hydrogens is 263 g/mol. The molecule has 2 aromatic carbocycles. The van der Waals surface area contributed by atoms with E-state index in [-0.39, 0.29) is 5.82 Å². The zero-order valence-corrected chi connectivity index (χ0v) is 12.4. The number of rotatable bonds is 8. The quantitative estimate of drug-likeness (QED) is 0.595. The third kappa shape index (κ3) is 5.58. The van der Waals surface area contributed by atoms with Gasteiger partial charge in [0, 0.05) is 0 Å². The van der Waals surface area contributed by atoms with Crippen LogP contribution in [0, 0.1) is 12.7 Å². The average molecular weight is 285 g/mol. The first-order chi connectivity index (χ1) is 10.3. The minimum absolute atomic E-state index is 0.220. The van der Waals surface area contributed by atoms with Gasteiger partial charge in [0.2, 0.25) is 0 Å². The summed E-state index contributed by atoms with van der Waals surface area (Å²) in [6.45, 7) is 4.32. The van der Waals surface area contributed by atoms with Crippen LogP contribution in [0.5, 0.6) is 5.75 Å². The highest BCUT2D eigenvalue weighted by Gasteiger charge is 1.98. The molecule has 0 atom stereocenters. The van der Waals surface area contributed by atoms with Gasteiger partial charge in [-0.25, -0.2) is 4.39 Å². The van der Waals surface area contributed by atoms with Crippen LogP contribution in [0.4, 0.5) is 4.39 Å². The average Bonchev–Trinajstić information content (AvgIpc) is 2.52. The Bertz CT molecular complexity index is 516. The first-order valence-electron chi connectivity index (χ1n) is 7.53. The number of aryl methyl sites for hydroxylation is 1. The summed E-state index contributed by atoms with van der Waals surface area (Å²) >= 11 is 0. The lowest BCUT2D eigenvalue weighted by atomic mass is 10.1. The standard InChI is InChI=1S/C19H22FO/c1-2-3-4-5-6-16-9-13-19(14-10-16)21-15-17-7-11-18(20)12-8-17/h7-14H,1-6,15H2. The van der Waals surface area contributed by atoms with Crippen molar-refractivity contribution in [1.82, 2.24) is 0 Å². The van der Waals surface area contributed by atoms with Crippen LogP contribution in [0.1, 0.15) is 36.8 Å². The molecule has 2 heteroatoms. The van der Waals surface area contributed by atoms with Gasteiger partial charge in [-0.1, -0.05) is 50.5 Å². The summed E-state index contributed by atoms with van der Waals surface area (Å²) in [5.74, 6) is 0.628. The van der Waals surface area contributed by atoms with E-state index in [1.54, 1.807) is 12.1 Å². The van der Waals surface area contributed by atoms with Gasteiger partial charge < -0.3 is 4.74 Å². The van der Waals surface area contributed by atoms with E-state index in [1.807, 2.05) is 12.1 Å². The highest BCUT2D eigenvalue weighted by Crippen LogP contribution is 2.16. The third-order valence-electron chi connectivity index (χ3n) is 3.46. The van der Waals surface area contributed by atoms with Crippen LogP contribution in [0.3, 0.4) is 0 Å². The fourth-order valence-electron chi connectivity index (χ4n) is 2.18. The van der Waals surface area contributed by atoms with Crippen molar-refractivity contribution >= 4 is 0 Å². The Hall–Kier alpha value is -1.83. The maximum atomic E-state index is 12.8. The van der Waals surface area contributed by atoms with E-state index in [0.29, 0.717) is 6.61 Å². The van der Waals surface area contributed by atoms with E-state index >= 15 is 0 Å². The van der Waals surface area contributed by atoms with Gasteiger partial charge in [0.05, 0.1) is 0 Å². The summed E-state index contributed by atoms with van der Waals surface area (Å²) in [7, 11) is 0. The van der Waals surface area contributed by atoms with Crippen LogP contribution in [-0.2, 0) is 13.0 Å². The smallest absolute Gasteiger partial charge is 0.123 e. The predicted molar refractivity (Wildman–Crippen MR) is 84.7 cm³/mol. The lowest BCUT2D eigenvalue weighted by Gasteiger charge is -2.07. The van der Waals surface area contributed by atoms with Crippen molar-refractivity contribution < 1.29 is 9.13 Å². The second-order valence-corrected chi connectivity index (χ2v) is 5.22. The largest absolute Gasteiger partial charge is 0.489 e. The van der Waals surface area contributed by atoms with Crippen molar-refractivity contribution in [2.75, 3.05) is 0 Å². The molecule has 0 saturated heterocycles. The van der Waals surface area contributed by atoms with E-state index in [0.717, 1.165) is 24.2 Å². The van der Waals surface area contributed by atoms with Crippen LogP contribution < -0.4 is 4.74 Å². The molecule has 0 spiro atoms. The highest BCUT2D eigenvalue weighted by molar-refractivity contribution is 5.28. The summed E-state index contributed by atoms with van der Waals surface area (Å²) in [6, 6.07) is 14.6. The molecule has 2 aromatic rings. The maximum Gasteiger partial charge on any atom is 0.123 e. The Morgan fingerprint density at radius 2 is 1.48 bits per heavy atom. The van der Waals surface area contributed by atoms with Gasteiger partial charge in [-0.2, -0.15) is 0 Å². The van der Waals surface area contributed by atoms with Gasteiger partial charge in [0.25, 0.3) is 0 Å². The monoisotopic (exact) mass is 285 g/mol. The minimum atomic E-state index is -0.220. The van der Waals surface area contributed by atoms with Crippen LogP contribution >= 0.6 is 0 Å². The molecule has 0 heterocycles. The molecule has 0 fully saturated rings. The molecular formula is C19H22FO. The molecule has 0 aromatic heterocycles. The molecule has 0 aliphatic rings. The molecule has 0 aliphatic heterocycles. The molecule has 0 amide bonds. The zero-order chi connectivity index (χ0) is 14.9. The molecule has 21 heavy (non-hydrogen) atoms. The van der Waals surface area contributed by atoms with Crippen LogP contribution in [0.25, 0.3) is 0 Å². The maximum absolute atomic E-state index is 12.8. The SMILES string of the molecule is [CH2]CCCCCc1ccc(OCc2ccc(F)cc2)cc1. The normalized spacial score (nSPS) is 10.6. The van der Waals surface area contributed by atoms with Crippen LogP contribution in [-0.4, -0.2) is 0 Å². The van der Waals surface area contributed by atoms with E-state index < -0.39 is 0 Å². The topological polar surface area (TPSA) is 9.23 Å². The molecule has 2 rings (SSSR count). The van der Waals surface area contributed by atoms with Gasteiger partial charge in [-0.05, 0) is 48.2 Å². The van der Waals surface area contributed by atoms with Crippen LogP contribution in [0.2, 0.25) is 0 Å². The lowest BCUT2D eigenvalue weighted by Crippen LogP contribution is -1.95. The Morgan fingerprint density at radius 1 is 0.810 bits per heavy atom. The first-order valence-corrected chi connectivity index (χ1v) is 7.53. The molecule has 0 saturated carbocycles. The van der Waals surface area contributed by atoms with Crippen molar-refractivity contribution in [3.63, 3.8) is 0 Å². The first kappa shape index (κ1) is 15.6. The number of hydrogen-bond donors (Lipinski definition) is 0. The molecule has 0 aliphatic carbocycles. The molecule has 1 nitrogen and oxygen atoms in total. The van der Waals surface area contributed by atoms with Gasteiger partial charge in [-0.15, -0.1) is 0 Å². The molecule has 0 unspecified atom stereocenters. The number of hydrogen-bond acceptors (Lipinski definition) is 1. The fraction of sp³-hybridized carbons (Fsp3) is 0.316. The number of benzene rings is 2. The van der Waals surface area contributed by atoms with Gasteiger partial charge in [-0.3, -0.25) is 0 Å². The molecule has 0 N–H and O–H groups in total. The molecule has 0 bridgehead atoms. The Labute approximate surface area is 126 Å². The number of ether oxygens (including phenoxy) is 1. The van der Waals surface area contributed by atoms with Crippen molar-refractivity contribution in [3.05, 3.63) is 72.4 Å². The summed E-state index contributed by atoms with van der Waals surface area (Å²) in [4.78, 5) is 0. The summed E-state index contributed by atoms with van der Waals surface area (Å²) in [6.07, 6.45) is 5.80. The van der Waals surface area contributed by atoms with E-state index in [2.05, 4.69) is 19.1 Å². The zero-order valence-electron chi connectivity index (χ0n) is 12.4. The van der Waals surface area contributed by atoms with E-state index in [4.69, 9.17) is 4.74 Å². The van der Waals surface area contributed by atoms with Crippen molar-refractivity contribution in [2.24, 2.45) is 0 Å².